The van der Waals surface area contributed by atoms with Gasteiger partial charge in [0.25, 0.3) is 11.8 Å². The van der Waals surface area contributed by atoms with Gasteiger partial charge in [0.2, 0.25) is 0 Å². The predicted molar refractivity (Wildman–Crippen MR) is 123 cm³/mol. The van der Waals surface area contributed by atoms with Gasteiger partial charge in [-0.1, -0.05) is 16.8 Å². The van der Waals surface area contributed by atoms with Gasteiger partial charge in [-0.2, -0.15) is 4.98 Å². The van der Waals surface area contributed by atoms with Crippen molar-refractivity contribution in [2.45, 2.75) is 6.42 Å². The quantitative estimate of drug-likeness (QED) is 0.569. The van der Waals surface area contributed by atoms with Gasteiger partial charge in [0.1, 0.15) is 5.82 Å². The van der Waals surface area contributed by atoms with E-state index in [9.17, 15) is 14.0 Å². The highest BCUT2D eigenvalue weighted by atomic mass is 35.5. The Kier molecular flexibility index (Phi) is 7.39. The minimum Gasteiger partial charge on any atom is -0.378 e. The van der Waals surface area contributed by atoms with E-state index in [4.69, 9.17) is 20.9 Å². The van der Waals surface area contributed by atoms with Gasteiger partial charge >= 0.3 is 6.03 Å². The van der Waals surface area contributed by atoms with Crippen molar-refractivity contribution in [2.24, 2.45) is 0 Å². The number of aromatic nitrogens is 2. The lowest BCUT2D eigenvalue weighted by molar-refractivity contribution is 0.0303. The van der Waals surface area contributed by atoms with Crippen LogP contribution in [0.3, 0.4) is 0 Å². The van der Waals surface area contributed by atoms with Gasteiger partial charge in [0.15, 0.2) is 5.82 Å². The van der Waals surface area contributed by atoms with Crippen molar-refractivity contribution in [2.75, 3.05) is 45.2 Å². The van der Waals surface area contributed by atoms with E-state index in [0.29, 0.717) is 67.8 Å². The fourth-order valence-corrected chi connectivity index (χ4v) is 3.52. The number of carbonyl (C=O) groups is 2. The van der Waals surface area contributed by atoms with Crippen molar-refractivity contribution in [1.82, 2.24) is 19.9 Å². The summed E-state index contributed by atoms with van der Waals surface area (Å²) in [6.45, 7) is 2.58. The first-order valence-electron chi connectivity index (χ1n) is 10.7. The zero-order valence-electron chi connectivity index (χ0n) is 18.5. The van der Waals surface area contributed by atoms with Crippen LogP contribution in [0, 0.1) is 5.82 Å². The van der Waals surface area contributed by atoms with Crippen molar-refractivity contribution >= 4 is 29.2 Å². The number of morpholine rings is 1. The lowest BCUT2D eigenvalue weighted by atomic mass is 10.1. The largest absolute Gasteiger partial charge is 0.378 e. The van der Waals surface area contributed by atoms with Gasteiger partial charge in [0.05, 0.1) is 18.2 Å². The molecule has 11 heteroatoms. The van der Waals surface area contributed by atoms with Crippen LogP contribution in [-0.2, 0) is 11.2 Å². The Hall–Kier alpha value is -3.50. The second kappa shape index (κ2) is 10.6. The Morgan fingerprint density at radius 3 is 2.62 bits per heavy atom. The number of benzene rings is 2. The van der Waals surface area contributed by atoms with E-state index in [2.05, 4.69) is 15.5 Å². The second-order valence-electron chi connectivity index (χ2n) is 7.73. The Balaban J connectivity index is 1.31. The summed E-state index contributed by atoms with van der Waals surface area (Å²) in [6, 6.07) is 10.6. The van der Waals surface area contributed by atoms with E-state index in [1.807, 2.05) is 0 Å². The molecule has 3 aromatic rings. The van der Waals surface area contributed by atoms with Crippen molar-refractivity contribution in [3.8, 4) is 11.5 Å². The molecule has 0 unspecified atom stereocenters. The van der Waals surface area contributed by atoms with Crippen molar-refractivity contribution in [1.29, 1.82) is 0 Å². The van der Waals surface area contributed by atoms with E-state index in [-0.39, 0.29) is 17.0 Å². The zero-order valence-corrected chi connectivity index (χ0v) is 19.2. The van der Waals surface area contributed by atoms with Crippen LogP contribution in [0.15, 0.2) is 47.0 Å². The van der Waals surface area contributed by atoms with E-state index < -0.39 is 5.82 Å². The Morgan fingerprint density at radius 1 is 1.18 bits per heavy atom. The van der Waals surface area contributed by atoms with Gasteiger partial charge < -0.3 is 24.4 Å². The van der Waals surface area contributed by atoms with Crippen LogP contribution in [0.25, 0.3) is 11.5 Å². The summed E-state index contributed by atoms with van der Waals surface area (Å²) in [5.41, 5.74) is 1.66. The summed E-state index contributed by atoms with van der Waals surface area (Å²) in [5.74, 6) is 0.172. The van der Waals surface area contributed by atoms with Crippen LogP contribution in [-0.4, -0.2) is 71.8 Å². The minimum absolute atomic E-state index is 0.0368. The number of nitrogens with one attached hydrogen (secondary N) is 1. The van der Waals surface area contributed by atoms with Crippen molar-refractivity contribution < 1.29 is 23.2 Å². The Morgan fingerprint density at radius 2 is 1.91 bits per heavy atom. The summed E-state index contributed by atoms with van der Waals surface area (Å²) < 4.78 is 23.9. The number of carbonyl (C=O) groups excluding carboxylic acids is 2. The van der Waals surface area contributed by atoms with Crippen LogP contribution in [0.1, 0.15) is 16.2 Å². The number of likely N-dealkylation sites (N-methyl/N-ethyl adjacent to an activating group) is 1. The molecule has 1 N–H and O–H groups in total. The van der Waals surface area contributed by atoms with Crippen molar-refractivity contribution in [3.63, 3.8) is 0 Å². The third-order valence-electron chi connectivity index (χ3n) is 5.33. The Labute approximate surface area is 200 Å². The summed E-state index contributed by atoms with van der Waals surface area (Å²) in [5, 5.41) is 6.55. The van der Waals surface area contributed by atoms with Crippen LogP contribution < -0.4 is 5.32 Å². The number of rotatable bonds is 6. The van der Waals surface area contributed by atoms with Gasteiger partial charge in [-0.3, -0.25) is 4.79 Å². The third kappa shape index (κ3) is 5.70. The molecule has 4 rings (SSSR count). The molecular formula is C23H23ClFN5O4. The summed E-state index contributed by atoms with van der Waals surface area (Å²) in [6.07, 6.45) is 0.366. The first-order valence-corrected chi connectivity index (χ1v) is 11.1. The molecule has 34 heavy (non-hydrogen) atoms. The molecule has 1 aromatic heterocycles. The zero-order chi connectivity index (χ0) is 24.1. The first-order chi connectivity index (χ1) is 16.4. The van der Waals surface area contributed by atoms with Gasteiger partial charge in [0, 0.05) is 49.9 Å². The van der Waals surface area contributed by atoms with Gasteiger partial charge in [-0.05, 0) is 42.5 Å². The molecular weight excluding hydrogens is 465 g/mol. The lowest BCUT2D eigenvalue weighted by Crippen LogP contribution is -2.40. The topological polar surface area (TPSA) is 101 Å². The molecule has 2 heterocycles. The smallest absolute Gasteiger partial charge is 0.321 e. The van der Waals surface area contributed by atoms with Gasteiger partial charge in [-0.25, -0.2) is 9.18 Å². The monoisotopic (exact) mass is 487 g/mol. The van der Waals surface area contributed by atoms with Crippen LogP contribution >= 0.6 is 11.6 Å². The maximum atomic E-state index is 13.3. The number of anilines is 1. The van der Waals surface area contributed by atoms with Crippen LogP contribution in [0.4, 0.5) is 14.9 Å². The minimum atomic E-state index is -0.556. The highest BCUT2D eigenvalue weighted by molar-refractivity contribution is 6.31. The average molecular weight is 488 g/mol. The first kappa shape index (κ1) is 23.7. The maximum absolute atomic E-state index is 13.3. The summed E-state index contributed by atoms with van der Waals surface area (Å²) in [7, 11) is 1.62. The lowest BCUT2D eigenvalue weighted by Gasteiger charge is -2.26. The highest BCUT2D eigenvalue weighted by Crippen LogP contribution is 2.20. The van der Waals surface area contributed by atoms with Crippen molar-refractivity contribution in [3.05, 3.63) is 64.7 Å². The molecule has 1 aliphatic heterocycles. The van der Waals surface area contributed by atoms with Crippen LogP contribution in [0.5, 0.6) is 0 Å². The summed E-state index contributed by atoms with van der Waals surface area (Å²) in [4.78, 5) is 32.5. The predicted octanol–water partition coefficient (Wildman–Crippen LogP) is 3.71. The maximum Gasteiger partial charge on any atom is 0.321 e. The average Bonchev–Trinajstić information content (AvgIpc) is 3.34. The molecule has 1 saturated heterocycles. The van der Waals surface area contributed by atoms with E-state index in [0.717, 1.165) is 0 Å². The molecule has 0 saturated carbocycles. The molecule has 0 bridgehead atoms. The van der Waals surface area contributed by atoms with E-state index in [1.165, 1.54) is 23.1 Å². The van der Waals surface area contributed by atoms with E-state index >= 15 is 0 Å². The molecule has 1 aliphatic rings. The number of urea groups is 1. The normalized spacial score (nSPS) is 13.6. The standard InChI is InChI=1S/C23H23ClFN5O4/c1-29(23(32)26-17-6-7-19(25)18(24)14-17)9-8-20-27-21(34-28-20)15-2-4-16(5-3-15)22(31)30-10-12-33-13-11-30/h2-7,14H,8-13H2,1H3,(H,26,32). The molecule has 0 radical (unpaired) electrons. The molecule has 9 nitrogen and oxygen atoms in total. The number of halogens is 2. The molecule has 3 amide bonds. The fourth-order valence-electron chi connectivity index (χ4n) is 3.34. The number of hydrogen-bond acceptors (Lipinski definition) is 6. The molecule has 0 spiro atoms. The molecule has 1 fully saturated rings. The number of amides is 3. The molecule has 0 atom stereocenters. The number of nitrogens with zero attached hydrogens (tertiary/aromatic N) is 4. The second-order valence-corrected chi connectivity index (χ2v) is 8.14. The third-order valence-corrected chi connectivity index (χ3v) is 5.62. The molecule has 2 aromatic carbocycles. The van der Waals surface area contributed by atoms with E-state index in [1.54, 1.807) is 36.2 Å². The fraction of sp³-hybridized carbons (Fsp3) is 0.304. The molecule has 178 valence electrons. The number of ether oxygens (including phenoxy) is 1. The summed E-state index contributed by atoms with van der Waals surface area (Å²) >= 11 is 5.74. The SMILES string of the molecule is CN(CCc1noc(-c2ccc(C(=O)N3CCOCC3)cc2)n1)C(=O)Nc1ccc(F)c(Cl)c1. The number of hydrogen-bond donors (Lipinski definition) is 1. The van der Waals surface area contributed by atoms with Crippen LogP contribution in [0.2, 0.25) is 5.02 Å². The van der Waals surface area contributed by atoms with Gasteiger partial charge in [-0.15, -0.1) is 0 Å². The Bertz CT molecular complexity index is 1160. The molecule has 0 aliphatic carbocycles. The highest BCUT2D eigenvalue weighted by Gasteiger charge is 2.19.